The third-order valence-corrected chi connectivity index (χ3v) is 4.67. The molecule has 1 aliphatic heterocycles. The van der Waals surface area contributed by atoms with Crippen molar-refractivity contribution in [3.63, 3.8) is 0 Å². The van der Waals surface area contributed by atoms with Crippen LogP contribution in [-0.4, -0.2) is 51.9 Å². The highest BCUT2D eigenvalue weighted by Gasteiger charge is 2.24. The summed E-state index contributed by atoms with van der Waals surface area (Å²) in [6.45, 7) is 4.60. The standard InChI is InChI=1S/C18H25N5O2/c1-13-19-18(21-22(13)2)20-17(24)15-8-6-14(7-9-15)11-23-10-4-5-16(23)12-25-3/h6-9,16H,4-5,10-12H2,1-3H3,(H,20,21,24)/t16-/m1/s1. The quantitative estimate of drug-likeness (QED) is 0.868. The van der Waals surface area contributed by atoms with E-state index in [4.69, 9.17) is 4.74 Å². The largest absolute Gasteiger partial charge is 0.383 e. The van der Waals surface area contributed by atoms with Gasteiger partial charge in [-0.1, -0.05) is 12.1 Å². The summed E-state index contributed by atoms with van der Waals surface area (Å²) in [5, 5.41) is 6.87. The van der Waals surface area contributed by atoms with Crippen LogP contribution in [0.25, 0.3) is 0 Å². The van der Waals surface area contributed by atoms with E-state index in [9.17, 15) is 4.79 Å². The predicted octanol–water partition coefficient (Wildman–Crippen LogP) is 1.99. The average Bonchev–Trinajstić information content (AvgIpc) is 3.15. The molecule has 25 heavy (non-hydrogen) atoms. The van der Waals surface area contributed by atoms with Gasteiger partial charge in [-0.25, -0.2) is 0 Å². The van der Waals surface area contributed by atoms with Gasteiger partial charge >= 0.3 is 0 Å². The van der Waals surface area contributed by atoms with E-state index in [1.807, 2.05) is 31.2 Å². The van der Waals surface area contributed by atoms with Crippen molar-refractivity contribution in [3.8, 4) is 0 Å². The SMILES string of the molecule is COC[C@H]1CCCN1Cc1ccc(C(=O)Nc2nc(C)n(C)n2)cc1. The lowest BCUT2D eigenvalue weighted by atomic mass is 10.1. The predicted molar refractivity (Wildman–Crippen MR) is 95.4 cm³/mol. The first-order valence-corrected chi connectivity index (χ1v) is 8.57. The third kappa shape index (κ3) is 4.24. The van der Waals surface area contributed by atoms with Gasteiger partial charge in [-0.2, -0.15) is 4.98 Å². The maximum Gasteiger partial charge on any atom is 0.258 e. The van der Waals surface area contributed by atoms with Crippen LogP contribution in [0.4, 0.5) is 5.95 Å². The third-order valence-electron chi connectivity index (χ3n) is 4.67. The topological polar surface area (TPSA) is 72.3 Å². The molecular weight excluding hydrogens is 318 g/mol. The number of carbonyl (C=O) groups is 1. The van der Waals surface area contributed by atoms with Crippen molar-refractivity contribution in [1.82, 2.24) is 19.7 Å². The van der Waals surface area contributed by atoms with Crippen molar-refractivity contribution in [1.29, 1.82) is 0 Å². The Balaban J connectivity index is 1.60. The van der Waals surface area contributed by atoms with E-state index in [-0.39, 0.29) is 5.91 Å². The highest BCUT2D eigenvalue weighted by Crippen LogP contribution is 2.20. The monoisotopic (exact) mass is 343 g/mol. The van der Waals surface area contributed by atoms with Gasteiger partial charge < -0.3 is 4.74 Å². The highest BCUT2D eigenvalue weighted by atomic mass is 16.5. The molecule has 1 aromatic heterocycles. The van der Waals surface area contributed by atoms with Crippen LogP contribution in [0.5, 0.6) is 0 Å². The zero-order chi connectivity index (χ0) is 17.8. The Kier molecular flexibility index (Phi) is 5.45. The number of benzene rings is 1. The zero-order valence-electron chi connectivity index (χ0n) is 15.0. The van der Waals surface area contributed by atoms with Crippen LogP contribution in [0.15, 0.2) is 24.3 Å². The maximum atomic E-state index is 12.3. The van der Waals surface area contributed by atoms with E-state index in [0.717, 1.165) is 25.5 Å². The molecule has 1 aromatic carbocycles. The summed E-state index contributed by atoms with van der Waals surface area (Å²) in [5.41, 5.74) is 1.80. The van der Waals surface area contributed by atoms with E-state index < -0.39 is 0 Å². The molecule has 1 fully saturated rings. The minimum absolute atomic E-state index is 0.199. The number of methoxy groups -OCH3 is 1. The molecular formula is C18H25N5O2. The Morgan fingerprint density at radius 3 is 2.76 bits per heavy atom. The number of nitrogens with zero attached hydrogens (tertiary/aromatic N) is 4. The van der Waals surface area contributed by atoms with Gasteiger partial charge in [-0.05, 0) is 44.0 Å². The molecule has 0 spiro atoms. The Morgan fingerprint density at radius 2 is 2.12 bits per heavy atom. The minimum Gasteiger partial charge on any atom is -0.383 e. The highest BCUT2D eigenvalue weighted by molar-refractivity contribution is 6.03. The second-order valence-corrected chi connectivity index (χ2v) is 6.48. The fourth-order valence-corrected chi connectivity index (χ4v) is 3.17. The van der Waals surface area contributed by atoms with Gasteiger partial charge in [0.2, 0.25) is 5.95 Å². The van der Waals surface area contributed by atoms with Crippen molar-refractivity contribution in [2.75, 3.05) is 25.6 Å². The molecule has 7 heteroatoms. The molecule has 2 aromatic rings. The lowest BCUT2D eigenvalue weighted by Crippen LogP contribution is -2.32. The van der Waals surface area contributed by atoms with E-state index in [1.54, 1.807) is 18.8 Å². The van der Waals surface area contributed by atoms with Gasteiger partial charge in [0.1, 0.15) is 5.82 Å². The Hall–Kier alpha value is -2.25. The number of hydrogen-bond acceptors (Lipinski definition) is 5. The number of likely N-dealkylation sites (tertiary alicyclic amines) is 1. The second-order valence-electron chi connectivity index (χ2n) is 6.48. The number of anilines is 1. The van der Waals surface area contributed by atoms with Crippen LogP contribution in [0.2, 0.25) is 0 Å². The van der Waals surface area contributed by atoms with Gasteiger partial charge in [0, 0.05) is 32.3 Å². The molecule has 0 saturated carbocycles. The van der Waals surface area contributed by atoms with E-state index in [0.29, 0.717) is 17.6 Å². The molecule has 0 aliphatic carbocycles. The second kappa shape index (κ2) is 7.76. The van der Waals surface area contributed by atoms with Crippen LogP contribution < -0.4 is 5.32 Å². The maximum absolute atomic E-state index is 12.3. The molecule has 3 rings (SSSR count). The van der Waals surface area contributed by atoms with Crippen LogP contribution in [0.1, 0.15) is 34.6 Å². The number of hydrogen-bond donors (Lipinski definition) is 1. The smallest absolute Gasteiger partial charge is 0.258 e. The normalized spacial score (nSPS) is 17.8. The summed E-state index contributed by atoms with van der Waals surface area (Å²) in [7, 11) is 3.55. The molecule has 0 bridgehead atoms. The Bertz CT molecular complexity index is 706. The molecule has 1 amide bonds. The fourth-order valence-electron chi connectivity index (χ4n) is 3.17. The molecule has 1 atom stereocenters. The van der Waals surface area contributed by atoms with E-state index in [1.165, 1.54) is 18.4 Å². The lowest BCUT2D eigenvalue weighted by molar-refractivity contribution is 0.102. The summed E-state index contributed by atoms with van der Waals surface area (Å²) in [6.07, 6.45) is 2.40. The molecule has 0 radical (unpaired) electrons. The van der Waals surface area contributed by atoms with Crippen LogP contribution >= 0.6 is 0 Å². The van der Waals surface area contributed by atoms with Gasteiger partial charge in [-0.3, -0.25) is 19.7 Å². The van der Waals surface area contributed by atoms with Crippen LogP contribution in [0, 0.1) is 6.92 Å². The minimum atomic E-state index is -0.199. The van der Waals surface area contributed by atoms with Gasteiger partial charge in [-0.15, -0.1) is 5.10 Å². The molecule has 134 valence electrons. The zero-order valence-corrected chi connectivity index (χ0v) is 15.0. The molecule has 0 unspecified atom stereocenters. The summed E-state index contributed by atoms with van der Waals surface area (Å²) in [6, 6.07) is 8.21. The fraction of sp³-hybridized carbons (Fsp3) is 0.500. The van der Waals surface area contributed by atoms with Crippen LogP contribution in [-0.2, 0) is 18.3 Å². The summed E-state index contributed by atoms with van der Waals surface area (Å²) < 4.78 is 6.93. The van der Waals surface area contributed by atoms with Crippen molar-refractivity contribution < 1.29 is 9.53 Å². The summed E-state index contributed by atoms with van der Waals surface area (Å²) >= 11 is 0. The van der Waals surface area contributed by atoms with Gasteiger partial charge in [0.05, 0.1) is 6.61 Å². The van der Waals surface area contributed by atoms with Crippen molar-refractivity contribution in [2.24, 2.45) is 7.05 Å². The number of ether oxygens (including phenoxy) is 1. The Morgan fingerprint density at radius 1 is 1.36 bits per heavy atom. The number of rotatable bonds is 6. The molecule has 1 aliphatic rings. The van der Waals surface area contributed by atoms with Crippen molar-refractivity contribution in [3.05, 3.63) is 41.2 Å². The van der Waals surface area contributed by atoms with E-state index in [2.05, 4.69) is 20.3 Å². The summed E-state index contributed by atoms with van der Waals surface area (Å²) in [5.74, 6) is 0.881. The summed E-state index contributed by atoms with van der Waals surface area (Å²) in [4.78, 5) is 18.9. The van der Waals surface area contributed by atoms with Crippen molar-refractivity contribution in [2.45, 2.75) is 32.4 Å². The molecule has 2 heterocycles. The van der Waals surface area contributed by atoms with Gasteiger partial charge in [0.15, 0.2) is 0 Å². The first kappa shape index (κ1) is 17.6. The van der Waals surface area contributed by atoms with Gasteiger partial charge in [0.25, 0.3) is 5.91 Å². The molecule has 1 N–H and O–H groups in total. The number of amides is 1. The number of nitrogens with one attached hydrogen (secondary N) is 1. The first-order chi connectivity index (χ1) is 12.1. The Labute approximate surface area is 148 Å². The lowest BCUT2D eigenvalue weighted by Gasteiger charge is -2.23. The van der Waals surface area contributed by atoms with Crippen molar-refractivity contribution >= 4 is 11.9 Å². The first-order valence-electron chi connectivity index (χ1n) is 8.57. The number of aryl methyl sites for hydroxylation is 2. The number of aromatic nitrogens is 3. The van der Waals surface area contributed by atoms with Crippen LogP contribution in [0.3, 0.4) is 0 Å². The molecule has 1 saturated heterocycles. The van der Waals surface area contributed by atoms with E-state index >= 15 is 0 Å². The number of carbonyl (C=O) groups excluding carboxylic acids is 1. The average molecular weight is 343 g/mol. The molecule has 7 nitrogen and oxygen atoms in total.